The number of carbonyl (C=O) groups excluding carboxylic acids is 2. The summed E-state index contributed by atoms with van der Waals surface area (Å²) in [6, 6.07) is 6.75. The van der Waals surface area contributed by atoms with E-state index in [0.29, 0.717) is 35.8 Å². The number of hydrogen-bond acceptors (Lipinski definition) is 4. The van der Waals surface area contributed by atoms with E-state index in [1.807, 2.05) is 6.92 Å². The Morgan fingerprint density at radius 3 is 2.88 bits per heavy atom. The molecule has 6 heteroatoms. The maximum absolute atomic E-state index is 12.4. The number of ether oxygens (including phenoxy) is 1. The van der Waals surface area contributed by atoms with Crippen molar-refractivity contribution in [2.24, 2.45) is 5.92 Å². The molecule has 1 saturated heterocycles. The van der Waals surface area contributed by atoms with Crippen molar-refractivity contribution in [1.29, 1.82) is 0 Å². The van der Waals surface area contributed by atoms with Gasteiger partial charge in [-0.25, -0.2) is 0 Å². The minimum atomic E-state index is -0.329. The molecule has 0 radical (unpaired) electrons. The summed E-state index contributed by atoms with van der Waals surface area (Å²) in [4.78, 5) is 26.5. The molecular weight excluding hydrogens is 330 g/mol. The lowest BCUT2D eigenvalue weighted by Gasteiger charge is -2.31. The minimum absolute atomic E-state index is 0.121. The number of esters is 1. The second-order valence-electron chi connectivity index (χ2n) is 5.93. The monoisotopic (exact) mass is 347 g/mol. The van der Waals surface area contributed by atoms with E-state index in [-0.39, 0.29) is 17.8 Å². The first-order chi connectivity index (χ1) is 11.5. The summed E-state index contributed by atoms with van der Waals surface area (Å²) in [6.07, 6.45) is 4.36. The molecule has 0 aliphatic carbocycles. The Labute approximate surface area is 145 Å². The van der Waals surface area contributed by atoms with Crippen molar-refractivity contribution in [1.82, 2.24) is 4.90 Å². The number of piperidine rings is 1. The van der Waals surface area contributed by atoms with Gasteiger partial charge in [-0.15, -0.1) is 0 Å². The predicted octanol–water partition coefficient (Wildman–Crippen LogP) is 3.70. The van der Waals surface area contributed by atoms with E-state index in [2.05, 4.69) is 0 Å². The molecule has 1 aromatic carbocycles. The maximum atomic E-state index is 12.4. The molecule has 126 valence electrons. The highest BCUT2D eigenvalue weighted by molar-refractivity contribution is 6.30. The first-order valence-corrected chi connectivity index (χ1v) is 8.21. The summed E-state index contributed by atoms with van der Waals surface area (Å²) in [5.41, 5.74) is 1.30. The van der Waals surface area contributed by atoms with Gasteiger partial charge in [-0.1, -0.05) is 11.6 Å². The van der Waals surface area contributed by atoms with Crippen molar-refractivity contribution in [2.45, 2.75) is 19.8 Å². The van der Waals surface area contributed by atoms with Crippen LogP contribution in [0, 0.1) is 12.8 Å². The molecule has 0 bridgehead atoms. The van der Waals surface area contributed by atoms with E-state index in [1.54, 1.807) is 29.2 Å². The lowest BCUT2D eigenvalue weighted by molar-refractivity contribution is -0.140. The first kappa shape index (κ1) is 16.6. The Morgan fingerprint density at radius 2 is 2.17 bits per heavy atom. The number of rotatable bonds is 3. The number of furan rings is 1. The van der Waals surface area contributed by atoms with Gasteiger partial charge in [0.1, 0.15) is 12.0 Å². The Bertz CT molecular complexity index is 741. The summed E-state index contributed by atoms with van der Waals surface area (Å²) >= 11 is 5.91. The highest BCUT2D eigenvalue weighted by atomic mass is 35.5. The van der Waals surface area contributed by atoms with Gasteiger partial charge in [0.15, 0.2) is 0 Å². The highest BCUT2D eigenvalue weighted by Gasteiger charge is 2.30. The van der Waals surface area contributed by atoms with Gasteiger partial charge in [0, 0.05) is 18.1 Å². The average molecular weight is 348 g/mol. The number of likely N-dealkylation sites (tertiary alicyclic amines) is 1. The third-order valence-electron chi connectivity index (χ3n) is 4.16. The zero-order valence-electron chi connectivity index (χ0n) is 13.3. The molecule has 1 aromatic heterocycles. The lowest BCUT2D eigenvalue weighted by atomic mass is 9.97. The standard InChI is InChI=1S/C18H18ClNO4/c1-12-9-15(19)4-5-16(12)24-18(22)13-3-2-7-20(10-13)17(21)14-6-8-23-11-14/h4-6,8-9,11,13H,2-3,7,10H2,1H3/t13-/m1/s1. The molecule has 0 unspecified atom stereocenters. The van der Waals surface area contributed by atoms with E-state index in [1.165, 1.54) is 12.5 Å². The van der Waals surface area contributed by atoms with E-state index in [0.717, 1.165) is 12.0 Å². The Morgan fingerprint density at radius 1 is 1.33 bits per heavy atom. The van der Waals surface area contributed by atoms with E-state index in [9.17, 15) is 9.59 Å². The van der Waals surface area contributed by atoms with Crippen LogP contribution in [0.5, 0.6) is 5.75 Å². The van der Waals surface area contributed by atoms with Crippen molar-refractivity contribution in [3.05, 3.63) is 52.9 Å². The number of hydrogen-bond donors (Lipinski definition) is 0. The average Bonchev–Trinajstić information content (AvgIpc) is 3.11. The fourth-order valence-electron chi connectivity index (χ4n) is 2.84. The first-order valence-electron chi connectivity index (χ1n) is 7.84. The third-order valence-corrected chi connectivity index (χ3v) is 4.39. The van der Waals surface area contributed by atoms with Crippen LogP contribution in [0.1, 0.15) is 28.8 Å². The quantitative estimate of drug-likeness (QED) is 0.627. The normalized spacial score (nSPS) is 17.6. The zero-order valence-corrected chi connectivity index (χ0v) is 14.1. The largest absolute Gasteiger partial charge is 0.472 e. The number of benzene rings is 1. The Balaban J connectivity index is 1.65. The molecule has 0 saturated carbocycles. The molecule has 1 atom stereocenters. The SMILES string of the molecule is Cc1cc(Cl)ccc1OC(=O)[C@@H]1CCCN(C(=O)c2ccoc2)C1. The Hall–Kier alpha value is -2.27. The summed E-state index contributed by atoms with van der Waals surface area (Å²) in [5, 5.41) is 0.599. The lowest BCUT2D eigenvalue weighted by Crippen LogP contribution is -2.43. The molecule has 2 heterocycles. The van der Waals surface area contributed by atoms with Crippen LogP contribution in [-0.4, -0.2) is 29.9 Å². The fraction of sp³-hybridized carbons (Fsp3) is 0.333. The number of halogens is 1. The number of carbonyl (C=O) groups is 2. The smallest absolute Gasteiger partial charge is 0.316 e. The topological polar surface area (TPSA) is 59.8 Å². The van der Waals surface area contributed by atoms with Crippen molar-refractivity contribution in [3.8, 4) is 5.75 Å². The van der Waals surface area contributed by atoms with Crippen LogP contribution < -0.4 is 4.74 Å². The molecule has 2 aromatic rings. The molecule has 1 aliphatic rings. The second kappa shape index (κ2) is 7.09. The van der Waals surface area contributed by atoms with Crippen molar-refractivity contribution >= 4 is 23.5 Å². The predicted molar refractivity (Wildman–Crippen MR) is 89.2 cm³/mol. The highest BCUT2D eigenvalue weighted by Crippen LogP contribution is 2.25. The van der Waals surface area contributed by atoms with Crippen LogP contribution in [0.4, 0.5) is 0 Å². The second-order valence-corrected chi connectivity index (χ2v) is 6.37. The molecule has 0 N–H and O–H groups in total. The van der Waals surface area contributed by atoms with Gasteiger partial charge < -0.3 is 14.1 Å². The minimum Gasteiger partial charge on any atom is -0.472 e. The van der Waals surface area contributed by atoms with Crippen LogP contribution in [0.15, 0.2) is 41.2 Å². The van der Waals surface area contributed by atoms with Crippen LogP contribution >= 0.6 is 11.6 Å². The molecule has 5 nitrogen and oxygen atoms in total. The van der Waals surface area contributed by atoms with Crippen LogP contribution in [0.25, 0.3) is 0 Å². The molecule has 3 rings (SSSR count). The van der Waals surface area contributed by atoms with Gasteiger partial charge in [0.2, 0.25) is 0 Å². The summed E-state index contributed by atoms with van der Waals surface area (Å²) in [5.74, 6) is -0.263. The van der Waals surface area contributed by atoms with Crippen LogP contribution in [-0.2, 0) is 4.79 Å². The third kappa shape index (κ3) is 3.62. The number of aryl methyl sites for hydroxylation is 1. The molecule has 1 aliphatic heterocycles. The van der Waals surface area contributed by atoms with Crippen molar-refractivity contribution < 1.29 is 18.7 Å². The van der Waals surface area contributed by atoms with Gasteiger partial charge in [0.25, 0.3) is 5.91 Å². The van der Waals surface area contributed by atoms with Gasteiger partial charge in [-0.05, 0) is 49.6 Å². The number of amides is 1. The zero-order chi connectivity index (χ0) is 17.1. The van der Waals surface area contributed by atoms with Gasteiger partial charge >= 0.3 is 5.97 Å². The molecule has 0 spiro atoms. The van der Waals surface area contributed by atoms with Crippen molar-refractivity contribution in [3.63, 3.8) is 0 Å². The Kier molecular flexibility index (Phi) is 4.90. The van der Waals surface area contributed by atoms with Crippen LogP contribution in [0.3, 0.4) is 0 Å². The summed E-state index contributed by atoms with van der Waals surface area (Å²) in [6.45, 7) is 2.83. The molecule has 1 fully saturated rings. The van der Waals surface area contributed by atoms with E-state index in [4.69, 9.17) is 20.8 Å². The number of nitrogens with zero attached hydrogens (tertiary/aromatic N) is 1. The van der Waals surface area contributed by atoms with Crippen LogP contribution in [0.2, 0.25) is 5.02 Å². The van der Waals surface area contributed by atoms with Gasteiger partial charge in [-0.3, -0.25) is 9.59 Å². The molecular formula is C18H18ClNO4. The summed E-state index contributed by atoms with van der Waals surface area (Å²) in [7, 11) is 0. The van der Waals surface area contributed by atoms with E-state index >= 15 is 0 Å². The maximum Gasteiger partial charge on any atom is 0.316 e. The fourth-order valence-corrected chi connectivity index (χ4v) is 3.07. The molecule has 24 heavy (non-hydrogen) atoms. The van der Waals surface area contributed by atoms with Crippen molar-refractivity contribution in [2.75, 3.05) is 13.1 Å². The van der Waals surface area contributed by atoms with Gasteiger partial charge in [0.05, 0.1) is 17.7 Å². The van der Waals surface area contributed by atoms with E-state index < -0.39 is 0 Å². The molecule has 1 amide bonds. The van der Waals surface area contributed by atoms with Gasteiger partial charge in [-0.2, -0.15) is 0 Å². The summed E-state index contributed by atoms with van der Waals surface area (Å²) < 4.78 is 10.5.